The molecule has 0 aromatic carbocycles. The Kier molecular flexibility index (Phi) is 5.46. The Hall–Kier alpha value is -2.94. The smallest absolute Gasteiger partial charge is 0.391 e. The molecule has 2 unspecified atom stereocenters. The lowest BCUT2D eigenvalue weighted by Gasteiger charge is -2.28. The molecule has 0 saturated heterocycles. The summed E-state index contributed by atoms with van der Waals surface area (Å²) in [5, 5.41) is 13.0. The molecule has 1 aliphatic carbocycles. The van der Waals surface area contributed by atoms with Crippen LogP contribution in [-0.4, -0.2) is 37.7 Å². The average Bonchev–Trinajstić information content (AvgIpc) is 3.08. The number of nitrogens with one attached hydrogen (secondary N) is 1. The van der Waals surface area contributed by atoms with Crippen molar-refractivity contribution in [1.29, 1.82) is 0 Å². The minimum atomic E-state index is -4.49. The molecule has 0 aliphatic heterocycles. The molecular weight excluding hydrogens is 397 g/mol. The number of rotatable bonds is 4. The van der Waals surface area contributed by atoms with Crippen molar-refractivity contribution in [3.05, 3.63) is 59.7 Å². The molecule has 1 fully saturated rings. The first-order chi connectivity index (χ1) is 14.3. The van der Waals surface area contributed by atoms with Crippen molar-refractivity contribution in [1.82, 2.24) is 19.9 Å². The van der Waals surface area contributed by atoms with E-state index in [1.165, 1.54) is 12.3 Å². The van der Waals surface area contributed by atoms with Gasteiger partial charge in [-0.25, -0.2) is 0 Å². The zero-order valence-electron chi connectivity index (χ0n) is 16.1. The van der Waals surface area contributed by atoms with Crippen LogP contribution < -0.4 is 5.32 Å². The van der Waals surface area contributed by atoms with E-state index in [1.54, 1.807) is 29.1 Å². The minimum absolute atomic E-state index is 0.243. The topological polar surface area (TPSA) is 80.0 Å². The van der Waals surface area contributed by atoms with Gasteiger partial charge < -0.3 is 15.0 Å². The number of amides is 1. The fraction of sp³-hybridized carbons (Fsp3) is 0.381. The normalized spacial score (nSPS) is 19.7. The van der Waals surface area contributed by atoms with E-state index in [1.807, 2.05) is 0 Å². The fourth-order valence-corrected chi connectivity index (χ4v) is 3.83. The quantitative estimate of drug-likeness (QED) is 0.679. The van der Waals surface area contributed by atoms with Crippen molar-refractivity contribution in [2.24, 2.45) is 0 Å². The van der Waals surface area contributed by atoms with Gasteiger partial charge in [-0.1, -0.05) is 18.9 Å². The molecule has 2 atom stereocenters. The van der Waals surface area contributed by atoms with Gasteiger partial charge in [-0.2, -0.15) is 13.2 Å². The zero-order chi connectivity index (χ0) is 21.3. The highest BCUT2D eigenvalue weighted by atomic mass is 19.4. The van der Waals surface area contributed by atoms with Crippen molar-refractivity contribution >= 4 is 16.9 Å². The maximum absolute atomic E-state index is 12.9. The Balaban J connectivity index is 1.60. The number of halogens is 3. The standard InChI is InChI=1S/C21H21F3N4O2/c22-21(23,24)18-8-7-13(10-26-18)11-28-12-14(19-16(28)5-3-9-25-19)20(30)27-15-4-1-2-6-17(15)29/h3,5,7-10,12,15,17,29H,1-2,4,6,11H2,(H,27,30). The molecule has 3 aromatic rings. The first-order valence-electron chi connectivity index (χ1n) is 9.78. The van der Waals surface area contributed by atoms with Crippen LogP contribution >= 0.6 is 0 Å². The second-order valence-corrected chi connectivity index (χ2v) is 7.52. The van der Waals surface area contributed by atoms with Gasteiger partial charge in [0.05, 0.1) is 23.2 Å². The van der Waals surface area contributed by atoms with Crippen LogP contribution in [0.25, 0.3) is 11.0 Å². The molecule has 9 heteroatoms. The molecular formula is C21H21F3N4O2. The van der Waals surface area contributed by atoms with Crippen LogP contribution in [-0.2, 0) is 12.7 Å². The Labute approximate surface area is 170 Å². The van der Waals surface area contributed by atoms with Crippen LogP contribution in [0.15, 0.2) is 42.9 Å². The summed E-state index contributed by atoms with van der Waals surface area (Å²) >= 11 is 0. The summed E-state index contributed by atoms with van der Waals surface area (Å²) in [7, 11) is 0. The van der Waals surface area contributed by atoms with Gasteiger partial charge in [-0.05, 0) is 36.6 Å². The van der Waals surface area contributed by atoms with Crippen LogP contribution in [0.2, 0.25) is 0 Å². The molecule has 6 nitrogen and oxygen atoms in total. The number of pyridine rings is 2. The van der Waals surface area contributed by atoms with Gasteiger partial charge in [0.1, 0.15) is 11.2 Å². The number of hydrogen-bond donors (Lipinski definition) is 2. The molecule has 3 heterocycles. The molecule has 1 saturated carbocycles. The van der Waals surface area contributed by atoms with E-state index in [2.05, 4.69) is 15.3 Å². The maximum atomic E-state index is 12.9. The van der Waals surface area contributed by atoms with E-state index >= 15 is 0 Å². The van der Waals surface area contributed by atoms with Crippen molar-refractivity contribution < 1.29 is 23.1 Å². The van der Waals surface area contributed by atoms with Crippen LogP contribution in [0.4, 0.5) is 13.2 Å². The van der Waals surface area contributed by atoms with Gasteiger partial charge in [-0.3, -0.25) is 14.8 Å². The Morgan fingerprint density at radius 1 is 1.20 bits per heavy atom. The number of aromatic nitrogens is 3. The summed E-state index contributed by atoms with van der Waals surface area (Å²) in [5.41, 5.74) is 1.17. The van der Waals surface area contributed by atoms with Gasteiger partial charge in [0.2, 0.25) is 0 Å². The van der Waals surface area contributed by atoms with Crippen LogP contribution in [0.3, 0.4) is 0 Å². The van der Waals surface area contributed by atoms with Crippen molar-refractivity contribution in [3.63, 3.8) is 0 Å². The number of carbonyl (C=O) groups is 1. The number of carbonyl (C=O) groups excluding carboxylic acids is 1. The molecule has 1 amide bonds. The third-order valence-corrected chi connectivity index (χ3v) is 5.39. The summed E-state index contributed by atoms with van der Waals surface area (Å²) in [6.45, 7) is 0.243. The Morgan fingerprint density at radius 2 is 2.00 bits per heavy atom. The van der Waals surface area contributed by atoms with Crippen LogP contribution in [0.1, 0.15) is 47.3 Å². The summed E-state index contributed by atoms with van der Waals surface area (Å²) in [6, 6.07) is 5.54. The first kappa shape index (κ1) is 20.3. The van der Waals surface area contributed by atoms with Crippen molar-refractivity contribution in [3.8, 4) is 0 Å². The average molecular weight is 418 g/mol. The van der Waals surface area contributed by atoms with E-state index in [-0.39, 0.29) is 18.5 Å². The van der Waals surface area contributed by atoms with Gasteiger partial charge in [-0.15, -0.1) is 0 Å². The number of aliphatic hydroxyl groups is 1. The monoisotopic (exact) mass is 418 g/mol. The molecule has 0 spiro atoms. The highest BCUT2D eigenvalue weighted by molar-refractivity contribution is 6.05. The van der Waals surface area contributed by atoms with Crippen LogP contribution in [0, 0.1) is 0 Å². The van der Waals surface area contributed by atoms with Gasteiger partial charge in [0, 0.05) is 25.1 Å². The first-order valence-corrected chi connectivity index (χ1v) is 9.78. The van der Waals surface area contributed by atoms with Crippen LogP contribution in [0.5, 0.6) is 0 Å². The van der Waals surface area contributed by atoms with Crippen molar-refractivity contribution in [2.45, 2.75) is 50.6 Å². The maximum Gasteiger partial charge on any atom is 0.433 e. The summed E-state index contributed by atoms with van der Waals surface area (Å²) < 4.78 is 39.9. The SMILES string of the molecule is O=C(NC1CCCCC1O)c1cn(Cc2ccc(C(F)(F)F)nc2)c2cccnc12. The lowest BCUT2D eigenvalue weighted by molar-refractivity contribution is -0.141. The molecule has 1 aliphatic rings. The van der Waals surface area contributed by atoms with Gasteiger partial charge >= 0.3 is 6.18 Å². The lowest BCUT2D eigenvalue weighted by Crippen LogP contribution is -2.45. The number of aliphatic hydroxyl groups excluding tert-OH is 1. The summed E-state index contributed by atoms with van der Waals surface area (Å²) in [4.78, 5) is 20.7. The minimum Gasteiger partial charge on any atom is -0.391 e. The molecule has 0 radical (unpaired) electrons. The third kappa shape index (κ3) is 4.16. The predicted molar refractivity (Wildman–Crippen MR) is 104 cm³/mol. The van der Waals surface area contributed by atoms with Gasteiger partial charge in [0.25, 0.3) is 5.91 Å². The van der Waals surface area contributed by atoms with E-state index in [4.69, 9.17) is 0 Å². The van der Waals surface area contributed by atoms with E-state index < -0.39 is 18.0 Å². The van der Waals surface area contributed by atoms with E-state index in [0.29, 0.717) is 28.6 Å². The zero-order valence-corrected chi connectivity index (χ0v) is 16.1. The highest BCUT2D eigenvalue weighted by Crippen LogP contribution is 2.28. The largest absolute Gasteiger partial charge is 0.433 e. The number of nitrogens with zero attached hydrogens (tertiary/aromatic N) is 3. The molecule has 2 N–H and O–H groups in total. The number of hydrogen-bond acceptors (Lipinski definition) is 4. The molecule has 30 heavy (non-hydrogen) atoms. The van der Waals surface area contributed by atoms with Gasteiger partial charge in [0.15, 0.2) is 0 Å². The second-order valence-electron chi connectivity index (χ2n) is 7.52. The van der Waals surface area contributed by atoms with Crippen molar-refractivity contribution in [2.75, 3.05) is 0 Å². The summed E-state index contributed by atoms with van der Waals surface area (Å²) in [6.07, 6.45) is 2.61. The van der Waals surface area contributed by atoms with E-state index in [0.717, 1.165) is 25.3 Å². The molecule has 4 rings (SSSR count). The Morgan fingerprint density at radius 3 is 2.70 bits per heavy atom. The second kappa shape index (κ2) is 8.06. The lowest BCUT2D eigenvalue weighted by atomic mass is 9.92. The molecule has 158 valence electrons. The molecule has 3 aromatic heterocycles. The third-order valence-electron chi connectivity index (χ3n) is 5.39. The highest BCUT2D eigenvalue weighted by Gasteiger charge is 2.32. The summed E-state index contributed by atoms with van der Waals surface area (Å²) in [5.74, 6) is -0.325. The fourth-order valence-electron chi connectivity index (χ4n) is 3.83. The van der Waals surface area contributed by atoms with E-state index in [9.17, 15) is 23.1 Å². The Bertz CT molecular complexity index is 1050. The molecule has 0 bridgehead atoms. The number of fused-ring (bicyclic) bond motifs is 1. The predicted octanol–water partition coefficient (Wildman–Crippen LogP) is 3.53. The number of alkyl halides is 3.